The lowest BCUT2D eigenvalue weighted by Gasteiger charge is -2.12. The molecule has 31 heavy (non-hydrogen) atoms. The molecule has 0 amide bonds. The van der Waals surface area contributed by atoms with Crippen LogP contribution in [0.3, 0.4) is 0 Å². The quantitative estimate of drug-likeness (QED) is 0.402. The SMILES string of the molecule is COc1ccc(S(=O)(=O)Oc2cc(-c3ccccc3)nn2-c2cccc(C)c2C)cc1. The molecule has 0 atom stereocenters. The second-order valence-electron chi connectivity index (χ2n) is 7.08. The van der Waals surface area contributed by atoms with Crippen LogP contribution in [0, 0.1) is 13.8 Å². The monoisotopic (exact) mass is 434 g/mol. The molecule has 0 saturated carbocycles. The summed E-state index contributed by atoms with van der Waals surface area (Å²) in [6.45, 7) is 3.96. The first-order valence-electron chi connectivity index (χ1n) is 9.69. The molecule has 0 aliphatic carbocycles. The van der Waals surface area contributed by atoms with E-state index in [0.29, 0.717) is 11.4 Å². The van der Waals surface area contributed by atoms with Crippen LogP contribution < -0.4 is 8.92 Å². The molecule has 0 aliphatic heterocycles. The van der Waals surface area contributed by atoms with Crippen molar-refractivity contribution in [3.63, 3.8) is 0 Å². The van der Waals surface area contributed by atoms with E-state index < -0.39 is 10.1 Å². The Hall–Kier alpha value is -3.58. The van der Waals surface area contributed by atoms with Crippen molar-refractivity contribution in [2.24, 2.45) is 0 Å². The van der Waals surface area contributed by atoms with Crippen molar-refractivity contribution in [2.45, 2.75) is 18.7 Å². The third-order valence-corrected chi connectivity index (χ3v) is 6.33. The minimum Gasteiger partial charge on any atom is -0.497 e. The predicted octanol–water partition coefficient (Wildman–Crippen LogP) is 4.93. The van der Waals surface area contributed by atoms with Gasteiger partial charge in [0, 0.05) is 11.6 Å². The molecule has 4 rings (SSSR count). The first-order valence-corrected chi connectivity index (χ1v) is 11.1. The van der Waals surface area contributed by atoms with Crippen LogP contribution in [-0.2, 0) is 10.1 Å². The fraction of sp³-hybridized carbons (Fsp3) is 0.125. The minimum absolute atomic E-state index is 0.0308. The van der Waals surface area contributed by atoms with Crippen molar-refractivity contribution in [1.82, 2.24) is 9.78 Å². The molecular weight excluding hydrogens is 412 g/mol. The summed E-state index contributed by atoms with van der Waals surface area (Å²) in [5.74, 6) is 0.675. The second kappa shape index (κ2) is 8.28. The van der Waals surface area contributed by atoms with Crippen molar-refractivity contribution in [3.8, 4) is 28.6 Å². The molecule has 4 aromatic rings. The van der Waals surface area contributed by atoms with E-state index in [1.165, 1.54) is 23.9 Å². The highest BCUT2D eigenvalue weighted by atomic mass is 32.2. The van der Waals surface area contributed by atoms with Gasteiger partial charge in [0.2, 0.25) is 5.88 Å². The van der Waals surface area contributed by atoms with Crippen LogP contribution in [-0.4, -0.2) is 25.3 Å². The molecule has 0 unspecified atom stereocenters. The zero-order chi connectivity index (χ0) is 22.0. The summed E-state index contributed by atoms with van der Waals surface area (Å²) in [5.41, 5.74) is 4.27. The molecule has 0 radical (unpaired) electrons. The number of methoxy groups -OCH3 is 1. The molecule has 0 bridgehead atoms. The van der Waals surface area contributed by atoms with Gasteiger partial charge >= 0.3 is 10.1 Å². The molecule has 0 fully saturated rings. The zero-order valence-electron chi connectivity index (χ0n) is 17.4. The lowest BCUT2D eigenvalue weighted by atomic mass is 10.1. The Kier molecular flexibility index (Phi) is 5.52. The maximum absolute atomic E-state index is 13.0. The van der Waals surface area contributed by atoms with E-state index in [2.05, 4.69) is 5.10 Å². The molecule has 0 aliphatic rings. The summed E-state index contributed by atoms with van der Waals surface area (Å²) in [6, 6.07) is 23.0. The lowest BCUT2D eigenvalue weighted by Crippen LogP contribution is -2.13. The van der Waals surface area contributed by atoms with Crippen LogP contribution in [0.4, 0.5) is 0 Å². The van der Waals surface area contributed by atoms with Crippen LogP contribution in [0.15, 0.2) is 83.8 Å². The predicted molar refractivity (Wildman–Crippen MR) is 119 cm³/mol. The van der Waals surface area contributed by atoms with E-state index in [0.717, 1.165) is 22.4 Å². The zero-order valence-corrected chi connectivity index (χ0v) is 18.3. The number of hydrogen-bond acceptors (Lipinski definition) is 5. The molecule has 1 aromatic heterocycles. The van der Waals surface area contributed by atoms with Gasteiger partial charge in [-0.05, 0) is 55.3 Å². The Bertz CT molecular complexity index is 1310. The van der Waals surface area contributed by atoms with Crippen LogP contribution in [0.2, 0.25) is 0 Å². The maximum atomic E-state index is 13.0. The van der Waals surface area contributed by atoms with E-state index in [9.17, 15) is 8.42 Å². The Morgan fingerprint density at radius 1 is 0.871 bits per heavy atom. The van der Waals surface area contributed by atoms with Gasteiger partial charge in [0.15, 0.2) is 0 Å². The average molecular weight is 435 g/mol. The normalized spacial score (nSPS) is 11.3. The van der Waals surface area contributed by atoms with E-state index in [1.54, 1.807) is 18.2 Å². The molecule has 0 spiro atoms. The topological polar surface area (TPSA) is 70.4 Å². The fourth-order valence-corrected chi connectivity index (χ4v) is 4.12. The summed E-state index contributed by atoms with van der Waals surface area (Å²) in [7, 11) is -2.56. The summed E-state index contributed by atoms with van der Waals surface area (Å²) in [6.07, 6.45) is 0. The number of aromatic nitrogens is 2. The number of rotatable bonds is 6. The maximum Gasteiger partial charge on any atom is 0.340 e. The van der Waals surface area contributed by atoms with Gasteiger partial charge in [0.05, 0.1) is 18.5 Å². The molecule has 158 valence electrons. The van der Waals surface area contributed by atoms with Crippen molar-refractivity contribution in [1.29, 1.82) is 0 Å². The summed E-state index contributed by atoms with van der Waals surface area (Å²) >= 11 is 0. The molecule has 6 nitrogen and oxygen atoms in total. The van der Waals surface area contributed by atoms with E-state index in [1.807, 2.05) is 62.4 Å². The Balaban J connectivity index is 1.82. The van der Waals surface area contributed by atoms with Crippen LogP contribution in [0.25, 0.3) is 16.9 Å². The van der Waals surface area contributed by atoms with Crippen molar-refractivity contribution >= 4 is 10.1 Å². The van der Waals surface area contributed by atoms with Crippen molar-refractivity contribution in [3.05, 3.63) is 90.0 Å². The van der Waals surface area contributed by atoms with Gasteiger partial charge in [0.25, 0.3) is 0 Å². The number of ether oxygens (including phenoxy) is 1. The Morgan fingerprint density at radius 2 is 1.58 bits per heavy atom. The number of benzene rings is 3. The third kappa shape index (κ3) is 4.18. The number of aryl methyl sites for hydroxylation is 1. The fourth-order valence-electron chi connectivity index (χ4n) is 3.21. The van der Waals surface area contributed by atoms with E-state index >= 15 is 0 Å². The minimum atomic E-state index is -4.08. The molecule has 7 heteroatoms. The largest absolute Gasteiger partial charge is 0.497 e. The van der Waals surface area contributed by atoms with Crippen LogP contribution in [0.5, 0.6) is 11.6 Å². The second-order valence-corrected chi connectivity index (χ2v) is 8.62. The summed E-state index contributed by atoms with van der Waals surface area (Å²) in [5, 5.41) is 4.67. The van der Waals surface area contributed by atoms with Gasteiger partial charge in [-0.15, -0.1) is 0 Å². The van der Waals surface area contributed by atoms with Crippen LogP contribution in [0.1, 0.15) is 11.1 Å². The van der Waals surface area contributed by atoms with Crippen molar-refractivity contribution in [2.75, 3.05) is 7.11 Å². The lowest BCUT2D eigenvalue weighted by molar-refractivity contribution is 0.414. The summed E-state index contributed by atoms with van der Waals surface area (Å²) < 4.78 is 38.2. The van der Waals surface area contributed by atoms with Gasteiger partial charge < -0.3 is 8.92 Å². The number of hydrogen-bond donors (Lipinski definition) is 0. The molecule has 3 aromatic carbocycles. The smallest absolute Gasteiger partial charge is 0.340 e. The van der Waals surface area contributed by atoms with Crippen LogP contribution >= 0.6 is 0 Å². The highest BCUT2D eigenvalue weighted by Gasteiger charge is 2.22. The molecule has 0 saturated heterocycles. The molecular formula is C24H22N2O4S. The van der Waals surface area contributed by atoms with Gasteiger partial charge in [-0.2, -0.15) is 18.2 Å². The van der Waals surface area contributed by atoms with Gasteiger partial charge in [-0.3, -0.25) is 0 Å². The van der Waals surface area contributed by atoms with E-state index in [4.69, 9.17) is 8.92 Å². The highest BCUT2D eigenvalue weighted by molar-refractivity contribution is 7.87. The summed E-state index contributed by atoms with van der Waals surface area (Å²) in [4.78, 5) is 0.0308. The Morgan fingerprint density at radius 3 is 2.26 bits per heavy atom. The third-order valence-electron chi connectivity index (χ3n) is 5.09. The first-order chi connectivity index (χ1) is 14.9. The molecule has 0 N–H and O–H groups in total. The van der Waals surface area contributed by atoms with Gasteiger partial charge in [-0.25, -0.2) is 0 Å². The average Bonchev–Trinajstić information content (AvgIpc) is 3.19. The van der Waals surface area contributed by atoms with Crippen molar-refractivity contribution < 1.29 is 17.3 Å². The van der Waals surface area contributed by atoms with Gasteiger partial charge in [-0.1, -0.05) is 42.5 Å². The Labute approximate surface area is 181 Å². The molecule has 1 heterocycles. The first kappa shape index (κ1) is 20.7. The van der Waals surface area contributed by atoms with Gasteiger partial charge in [0.1, 0.15) is 10.6 Å². The highest BCUT2D eigenvalue weighted by Crippen LogP contribution is 2.30. The van der Waals surface area contributed by atoms with E-state index in [-0.39, 0.29) is 10.8 Å². The standard InChI is InChI=1S/C24H22N2O4S/c1-17-8-7-11-23(18(17)2)26-24(16-22(25-26)19-9-5-4-6-10-19)30-31(27,28)21-14-12-20(29-3)13-15-21/h4-16H,1-3H3. The number of nitrogens with zero attached hydrogens (tertiary/aromatic N) is 2.